The first kappa shape index (κ1) is 15.9. The number of H-pyrrole nitrogens is 1. The maximum Gasteiger partial charge on any atom is 0.360 e. The largest absolute Gasteiger partial charge is 0.476 e. The fraction of sp³-hybridized carbons (Fsp3) is 0.357. The minimum Gasteiger partial charge on any atom is -0.476 e. The summed E-state index contributed by atoms with van der Waals surface area (Å²) in [6, 6.07) is 2.57. The monoisotopic (exact) mass is 334 g/mol. The van der Waals surface area contributed by atoms with Crippen molar-refractivity contribution in [2.24, 2.45) is 0 Å². The van der Waals surface area contributed by atoms with E-state index in [-0.39, 0.29) is 22.4 Å². The van der Waals surface area contributed by atoms with Crippen LogP contribution in [0.5, 0.6) is 0 Å². The molecule has 0 amide bonds. The number of aliphatic hydroxyl groups excluding tert-OH is 1. The number of nitrogens with one attached hydrogen (secondary N) is 1. The highest BCUT2D eigenvalue weighted by Gasteiger charge is 2.26. The zero-order chi connectivity index (χ0) is 17.4. The van der Waals surface area contributed by atoms with Crippen molar-refractivity contribution in [3.8, 4) is 0 Å². The Morgan fingerprint density at radius 1 is 1.38 bits per heavy atom. The smallest absolute Gasteiger partial charge is 0.360 e. The number of fused-ring (bicyclic) bond motifs is 1. The van der Waals surface area contributed by atoms with Crippen molar-refractivity contribution in [2.75, 3.05) is 18.0 Å². The SMILES string of the molecule is O=C(O)c1nc2cc(N3CCC(O)CC3)c([N+](=O)[O-])cc2[nH]c1=O. The number of aliphatic hydroxyl groups is 1. The molecule has 0 aliphatic carbocycles. The summed E-state index contributed by atoms with van der Waals surface area (Å²) in [7, 11) is 0. The highest BCUT2D eigenvalue weighted by atomic mass is 16.6. The zero-order valence-corrected chi connectivity index (χ0v) is 12.4. The Kier molecular flexibility index (Phi) is 3.89. The van der Waals surface area contributed by atoms with Gasteiger partial charge in [-0.05, 0) is 18.9 Å². The number of rotatable bonds is 3. The number of hydrogen-bond donors (Lipinski definition) is 3. The summed E-state index contributed by atoms with van der Waals surface area (Å²) in [4.78, 5) is 41.4. The van der Waals surface area contributed by atoms with E-state index in [1.807, 2.05) is 0 Å². The van der Waals surface area contributed by atoms with Gasteiger partial charge >= 0.3 is 5.97 Å². The molecule has 0 atom stereocenters. The summed E-state index contributed by atoms with van der Waals surface area (Å²) in [5, 5.41) is 29.9. The van der Waals surface area contributed by atoms with E-state index in [4.69, 9.17) is 5.11 Å². The Morgan fingerprint density at radius 2 is 2.04 bits per heavy atom. The van der Waals surface area contributed by atoms with Crippen LogP contribution >= 0.6 is 0 Å². The van der Waals surface area contributed by atoms with Crippen LogP contribution < -0.4 is 10.5 Å². The minimum absolute atomic E-state index is 0.0949. The van der Waals surface area contributed by atoms with E-state index in [9.17, 15) is 24.8 Å². The summed E-state index contributed by atoms with van der Waals surface area (Å²) in [6.45, 7) is 0.866. The van der Waals surface area contributed by atoms with Crippen LogP contribution in [-0.2, 0) is 0 Å². The average molecular weight is 334 g/mol. The Hall–Kier alpha value is -3.01. The molecule has 1 aliphatic heterocycles. The second-order valence-electron chi connectivity index (χ2n) is 5.55. The molecular formula is C14H14N4O6. The molecule has 0 bridgehead atoms. The fourth-order valence-electron chi connectivity index (χ4n) is 2.76. The van der Waals surface area contributed by atoms with Gasteiger partial charge in [-0.15, -0.1) is 0 Å². The average Bonchev–Trinajstić information content (AvgIpc) is 2.53. The second-order valence-corrected chi connectivity index (χ2v) is 5.55. The Labute approximate surface area is 134 Å². The molecule has 1 aromatic heterocycles. The van der Waals surface area contributed by atoms with E-state index in [0.717, 1.165) is 0 Å². The van der Waals surface area contributed by atoms with Gasteiger partial charge in [0.2, 0.25) is 5.69 Å². The predicted octanol–water partition coefficient (Wildman–Crippen LogP) is 0.491. The molecule has 24 heavy (non-hydrogen) atoms. The molecule has 3 rings (SSSR count). The Bertz CT molecular complexity index is 885. The molecule has 2 heterocycles. The number of nitrogens with zero attached hydrogens (tertiary/aromatic N) is 3. The van der Waals surface area contributed by atoms with E-state index >= 15 is 0 Å². The molecule has 126 valence electrons. The number of piperidine rings is 1. The normalized spacial score (nSPS) is 15.6. The molecule has 1 aliphatic rings. The topological polar surface area (TPSA) is 150 Å². The number of carboxylic acids is 1. The van der Waals surface area contributed by atoms with Gasteiger partial charge in [-0.1, -0.05) is 0 Å². The van der Waals surface area contributed by atoms with Crippen LogP contribution in [0.25, 0.3) is 11.0 Å². The standard InChI is InChI=1S/C14H14N4O6/c19-7-1-3-17(4-2-7)10-5-8-9(6-11(10)18(23)24)16-13(20)12(15-8)14(21)22/h5-7,19H,1-4H2,(H,16,20)(H,21,22). The van der Waals surface area contributed by atoms with Gasteiger partial charge in [0, 0.05) is 19.2 Å². The van der Waals surface area contributed by atoms with Crippen molar-refractivity contribution in [2.45, 2.75) is 18.9 Å². The van der Waals surface area contributed by atoms with Crippen LogP contribution in [0, 0.1) is 10.1 Å². The lowest BCUT2D eigenvalue weighted by Gasteiger charge is -2.31. The van der Waals surface area contributed by atoms with Gasteiger partial charge in [-0.3, -0.25) is 14.9 Å². The van der Waals surface area contributed by atoms with Gasteiger partial charge in [-0.25, -0.2) is 9.78 Å². The first-order valence-electron chi connectivity index (χ1n) is 7.25. The van der Waals surface area contributed by atoms with Crippen molar-refractivity contribution in [3.05, 3.63) is 38.3 Å². The number of aromatic nitrogens is 2. The number of nitro groups is 1. The lowest BCUT2D eigenvalue weighted by atomic mass is 10.1. The number of benzene rings is 1. The third kappa shape index (κ3) is 2.78. The highest BCUT2D eigenvalue weighted by molar-refractivity contribution is 5.90. The molecule has 3 N–H and O–H groups in total. The molecule has 0 radical (unpaired) electrons. The Balaban J connectivity index is 2.17. The minimum atomic E-state index is -1.47. The van der Waals surface area contributed by atoms with Crippen molar-refractivity contribution in [1.82, 2.24) is 9.97 Å². The number of anilines is 1. The van der Waals surface area contributed by atoms with Crippen LogP contribution in [0.1, 0.15) is 23.3 Å². The summed E-state index contributed by atoms with van der Waals surface area (Å²) in [5.41, 5.74) is -1.26. The molecule has 10 nitrogen and oxygen atoms in total. The summed E-state index contributed by atoms with van der Waals surface area (Å²) >= 11 is 0. The third-order valence-corrected chi connectivity index (χ3v) is 3.99. The molecule has 1 aromatic carbocycles. The van der Waals surface area contributed by atoms with Gasteiger partial charge in [0.1, 0.15) is 5.69 Å². The molecule has 0 spiro atoms. The van der Waals surface area contributed by atoms with Gasteiger partial charge in [0.05, 0.1) is 22.1 Å². The van der Waals surface area contributed by atoms with Crippen LogP contribution in [0.4, 0.5) is 11.4 Å². The van der Waals surface area contributed by atoms with Crippen molar-refractivity contribution in [3.63, 3.8) is 0 Å². The van der Waals surface area contributed by atoms with Crippen LogP contribution in [0.2, 0.25) is 0 Å². The summed E-state index contributed by atoms with van der Waals surface area (Å²) in [6.07, 6.45) is 0.525. The lowest BCUT2D eigenvalue weighted by molar-refractivity contribution is -0.384. The number of aromatic carboxylic acids is 1. The van der Waals surface area contributed by atoms with Crippen molar-refractivity contribution < 1.29 is 19.9 Å². The van der Waals surface area contributed by atoms with Gasteiger partial charge < -0.3 is 20.1 Å². The van der Waals surface area contributed by atoms with E-state index in [0.29, 0.717) is 25.9 Å². The summed E-state index contributed by atoms with van der Waals surface area (Å²) in [5.74, 6) is -1.47. The van der Waals surface area contributed by atoms with E-state index in [2.05, 4.69) is 9.97 Å². The molecule has 10 heteroatoms. The van der Waals surface area contributed by atoms with E-state index < -0.39 is 28.2 Å². The second kappa shape index (κ2) is 5.89. The van der Waals surface area contributed by atoms with Crippen LogP contribution in [0.15, 0.2) is 16.9 Å². The van der Waals surface area contributed by atoms with Crippen molar-refractivity contribution >= 4 is 28.4 Å². The lowest BCUT2D eigenvalue weighted by Crippen LogP contribution is -2.36. The molecule has 1 saturated heterocycles. The van der Waals surface area contributed by atoms with Gasteiger partial charge in [0.25, 0.3) is 11.2 Å². The molecule has 0 saturated carbocycles. The molecule has 2 aromatic rings. The maximum atomic E-state index is 11.7. The molecular weight excluding hydrogens is 320 g/mol. The quantitative estimate of drug-likeness (QED) is 0.542. The van der Waals surface area contributed by atoms with E-state index in [1.165, 1.54) is 12.1 Å². The highest BCUT2D eigenvalue weighted by Crippen LogP contribution is 2.33. The number of aromatic amines is 1. The first-order chi connectivity index (χ1) is 11.4. The van der Waals surface area contributed by atoms with Gasteiger partial charge in [-0.2, -0.15) is 0 Å². The van der Waals surface area contributed by atoms with E-state index in [1.54, 1.807) is 4.90 Å². The number of carboxylic acid groups (broad SMARTS) is 1. The number of hydrogen-bond acceptors (Lipinski definition) is 7. The number of nitro benzene ring substituents is 1. The van der Waals surface area contributed by atoms with Crippen LogP contribution in [0.3, 0.4) is 0 Å². The number of carbonyl (C=O) groups is 1. The summed E-state index contributed by atoms with van der Waals surface area (Å²) < 4.78 is 0. The maximum absolute atomic E-state index is 11.7. The molecule has 1 fully saturated rings. The fourth-order valence-corrected chi connectivity index (χ4v) is 2.76. The third-order valence-electron chi connectivity index (χ3n) is 3.99. The first-order valence-corrected chi connectivity index (χ1v) is 7.25. The predicted molar refractivity (Wildman–Crippen MR) is 83.4 cm³/mol. The molecule has 0 unspecified atom stereocenters. The zero-order valence-electron chi connectivity index (χ0n) is 12.4. The van der Waals surface area contributed by atoms with Crippen LogP contribution in [-0.4, -0.2) is 50.3 Å². The van der Waals surface area contributed by atoms with Gasteiger partial charge in [0.15, 0.2) is 0 Å². The van der Waals surface area contributed by atoms with Crippen molar-refractivity contribution in [1.29, 1.82) is 0 Å². The Morgan fingerprint density at radius 3 is 2.62 bits per heavy atom.